The Bertz CT molecular complexity index is 2220. The molecule has 4 heterocycles. The summed E-state index contributed by atoms with van der Waals surface area (Å²) in [4.78, 5) is 24.8. The van der Waals surface area contributed by atoms with Gasteiger partial charge in [0.25, 0.3) is 0 Å². The number of thiophene rings is 1. The highest BCUT2D eigenvalue weighted by Crippen LogP contribution is 2.46. The molecule has 0 spiro atoms. The van der Waals surface area contributed by atoms with E-state index in [1.165, 1.54) is 11.0 Å². The van der Waals surface area contributed by atoms with Gasteiger partial charge in [-0.2, -0.15) is 15.2 Å². The van der Waals surface area contributed by atoms with E-state index in [0.717, 1.165) is 11.3 Å². The molecule has 0 unspecified atom stereocenters. The Kier molecular flexibility index (Phi) is 9.30. The number of amides is 1. The van der Waals surface area contributed by atoms with Gasteiger partial charge >= 0.3 is 12.1 Å². The number of fused-ring (bicyclic) bond motifs is 2. The highest BCUT2D eigenvalue weighted by Gasteiger charge is 2.36. The highest BCUT2D eigenvalue weighted by atomic mass is 35.5. The van der Waals surface area contributed by atoms with E-state index in [1.807, 2.05) is 0 Å². The van der Waals surface area contributed by atoms with Crippen LogP contribution in [0.1, 0.15) is 50.7 Å². The van der Waals surface area contributed by atoms with Gasteiger partial charge in [-0.15, -0.1) is 11.3 Å². The largest absolute Gasteiger partial charge is 0.462 e. The molecule has 2 fully saturated rings. The quantitative estimate of drug-likeness (QED) is 0.202. The lowest BCUT2D eigenvalue weighted by Gasteiger charge is -2.40. The average Bonchev–Trinajstić information content (AvgIpc) is 3.33. The van der Waals surface area contributed by atoms with Crippen LogP contribution in [0.25, 0.3) is 32.1 Å². The van der Waals surface area contributed by atoms with Crippen LogP contribution in [0.2, 0.25) is 5.02 Å². The molecule has 2 aliphatic rings. The molecule has 0 saturated carbocycles. The molecule has 52 heavy (non-hydrogen) atoms. The van der Waals surface area contributed by atoms with Gasteiger partial charge in [0.05, 0.1) is 36.7 Å². The maximum Gasteiger partial charge on any atom is 0.412 e. The topological polar surface area (TPSA) is 133 Å². The van der Waals surface area contributed by atoms with E-state index in [1.54, 1.807) is 57.7 Å². The molecule has 1 amide bonds. The Hall–Kier alpha value is -4.13. The van der Waals surface area contributed by atoms with Gasteiger partial charge in [-0.25, -0.2) is 13.6 Å². The Balaban J connectivity index is 1.49. The van der Waals surface area contributed by atoms with Crippen LogP contribution in [0.3, 0.4) is 0 Å². The van der Waals surface area contributed by atoms with Crippen LogP contribution >= 0.6 is 22.9 Å². The van der Waals surface area contributed by atoms with Crippen molar-refractivity contribution in [3.63, 3.8) is 0 Å². The third-order valence-electron chi connectivity index (χ3n) is 8.92. The Labute approximate surface area is 314 Å². The van der Waals surface area contributed by atoms with Crippen molar-refractivity contribution in [3.05, 3.63) is 52.6 Å². The first-order valence-electron chi connectivity index (χ1n) is 18.1. The maximum absolute atomic E-state index is 17.3. The van der Waals surface area contributed by atoms with Crippen molar-refractivity contribution in [2.75, 3.05) is 63.2 Å². The molecule has 15 heteroatoms. The van der Waals surface area contributed by atoms with Crippen molar-refractivity contribution >= 4 is 60.8 Å². The van der Waals surface area contributed by atoms with E-state index in [2.05, 4.69) is 21.4 Å². The molecule has 2 aromatic heterocycles. The van der Waals surface area contributed by atoms with E-state index in [9.17, 15) is 19.6 Å². The summed E-state index contributed by atoms with van der Waals surface area (Å²) in [6.45, 7) is 6.42. The molecule has 2 atom stereocenters. The predicted octanol–water partition coefficient (Wildman–Crippen LogP) is 7.68. The summed E-state index contributed by atoms with van der Waals surface area (Å²) in [5, 5.41) is 24.7. The molecule has 2 saturated heterocycles. The number of piperidine rings is 1. The Morgan fingerprint density at radius 1 is 1.31 bits per heavy atom. The number of halogens is 3. The van der Waals surface area contributed by atoms with Crippen LogP contribution in [-0.4, -0.2) is 90.2 Å². The fourth-order valence-electron chi connectivity index (χ4n) is 6.55. The van der Waals surface area contributed by atoms with Crippen LogP contribution < -0.4 is 15.0 Å². The molecule has 4 aromatic rings. The van der Waals surface area contributed by atoms with Crippen molar-refractivity contribution in [3.8, 4) is 23.2 Å². The van der Waals surface area contributed by atoms with Crippen molar-refractivity contribution in [1.29, 1.82) is 5.26 Å². The minimum absolute atomic E-state index is 0.0252. The van der Waals surface area contributed by atoms with Gasteiger partial charge in [-0.05, 0) is 64.4 Å². The summed E-state index contributed by atoms with van der Waals surface area (Å²) in [7, 11) is 0. The summed E-state index contributed by atoms with van der Waals surface area (Å²) in [5.41, 5.74) is -2.77. The molecule has 6 rings (SSSR count). The first-order valence-corrected chi connectivity index (χ1v) is 17.8. The van der Waals surface area contributed by atoms with Gasteiger partial charge < -0.3 is 29.1 Å². The lowest BCUT2D eigenvalue weighted by molar-refractivity contribution is -0.0123. The number of aromatic nitrogens is 2. The number of nitriles is 1. The lowest BCUT2D eigenvalue weighted by Crippen LogP contribution is -2.44. The summed E-state index contributed by atoms with van der Waals surface area (Å²) in [5.74, 6) is -0.674. The van der Waals surface area contributed by atoms with Crippen molar-refractivity contribution in [1.82, 2.24) is 14.9 Å². The van der Waals surface area contributed by atoms with Gasteiger partial charge in [0, 0.05) is 50.2 Å². The van der Waals surface area contributed by atoms with Gasteiger partial charge in [-0.1, -0.05) is 30.7 Å². The zero-order chi connectivity index (χ0) is 40.1. The highest BCUT2D eigenvalue weighted by molar-refractivity contribution is 7.23. The fraction of sp³-hybridized carbons (Fsp3) is 0.459. The number of benzene rings is 2. The zero-order valence-electron chi connectivity index (χ0n) is 32.4. The van der Waals surface area contributed by atoms with Crippen LogP contribution in [0.4, 0.5) is 24.4 Å². The number of anilines is 2. The molecule has 0 aliphatic carbocycles. The number of carbonyl (C=O) groups is 1. The second kappa shape index (κ2) is 14.4. The van der Waals surface area contributed by atoms with E-state index >= 15 is 4.39 Å². The smallest absolute Gasteiger partial charge is 0.412 e. The normalized spacial score (nSPS) is 23.5. The van der Waals surface area contributed by atoms with Crippen LogP contribution in [0, 0.1) is 22.6 Å². The number of nitrogens with one attached hydrogen (secondary N) is 1. The second-order valence-corrected chi connectivity index (χ2v) is 16.1. The van der Waals surface area contributed by atoms with Gasteiger partial charge in [0.15, 0.2) is 5.82 Å². The summed E-state index contributed by atoms with van der Waals surface area (Å²) in [6.07, 6.45) is -0.134. The molecule has 2 aliphatic heterocycles. The van der Waals surface area contributed by atoms with Crippen molar-refractivity contribution in [2.24, 2.45) is 5.41 Å². The predicted molar refractivity (Wildman–Crippen MR) is 198 cm³/mol. The Morgan fingerprint density at radius 2 is 2.10 bits per heavy atom. The van der Waals surface area contributed by atoms with E-state index in [4.69, 9.17) is 29.9 Å². The third-order valence-corrected chi connectivity index (χ3v) is 10.3. The number of β-amino-alcohol motifs (C(OH)–C–C–N with tert-alkyl or cyclic N) is 1. The van der Waals surface area contributed by atoms with Crippen molar-refractivity contribution in [2.45, 2.75) is 52.2 Å². The van der Waals surface area contributed by atoms with Crippen LogP contribution in [0.5, 0.6) is 6.01 Å². The Morgan fingerprint density at radius 3 is 2.81 bits per heavy atom. The zero-order valence-corrected chi connectivity index (χ0v) is 31.0. The molecule has 276 valence electrons. The number of ether oxygens (including phenoxy) is 3. The monoisotopic (exact) mass is 757 g/mol. The van der Waals surface area contributed by atoms with Gasteiger partial charge in [-0.3, -0.25) is 5.32 Å². The number of likely N-dealkylation sites (tertiary alicyclic amines) is 1. The first kappa shape index (κ1) is 33.7. The average molecular weight is 758 g/mol. The number of hydrogen-bond donors (Lipinski definition) is 2. The molecule has 2 N–H and O–H groups in total. The number of nitrogens with zero attached hydrogens (tertiary/aromatic N) is 5. The minimum Gasteiger partial charge on any atom is -0.462 e. The summed E-state index contributed by atoms with van der Waals surface area (Å²) < 4.78 is 73.0. The molecule has 0 bridgehead atoms. The summed E-state index contributed by atoms with van der Waals surface area (Å²) >= 11 is 8.04. The fourth-order valence-corrected chi connectivity index (χ4v) is 7.91. The first-order chi connectivity index (χ1) is 25.7. The van der Waals surface area contributed by atoms with Crippen LogP contribution in [-0.2, 0) is 9.47 Å². The van der Waals surface area contributed by atoms with Crippen molar-refractivity contribution < 1.29 is 37.0 Å². The summed E-state index contributed by atoms with van der Waals surface area (Å²) in [6, 6.07) is 8.38. The molecular formula is C37H41ClF2N6O5S. The molecule has 0 radical (unpaired) electrons. The lowest BCUT2D eigenvalue weighted by atomic mass is 9.78. The van der Waals surface area contributed by atoms with E-state index < -0.39 is 35.5 Å². The standard InChI is InChI=1S/C37H41ClF2N6O5S/c1-35(2,3)51-34(47)44-32-24(16-41)27-22(8-7-9-26(27)52-32)28-25(38)14-23-30(29(28)40)42-33(43-31(23)46-12-13-49-20-37(5,48)18-46)50-19-36(4)17-45(6)11-10-21(36)15-39/h7-9,14-15,48H,10-13,17-20H2,1-6H3,(H,44,47)/b21-15+/t36-,37-/m0/s1/i6D3. The maximum atomic E-state index is 17.3. The number of carbonyl (C=O) groups excluding carboxylic acids is 1. The second-order valence-electron chi connectivity index (χ2n) is 14.6. The van der Waals surface area contributed by atoms with E-state index in [-0.39, 0.29) is 102 Å². The van der Waals surface area contributed by atoms with Crippen LogP contribution in [0.15, 0.2) is 36.2 Å². The molecule has 2 aromatic carbocycles. The number of rotatable bonds is 6. The number of aliphatic hydroxyl groups is 1. The van der Waals surface area contributed by atoms with Gasteiger partial charge in [0.1, 0.15) is 40.2 Å². The van der Waals surface area contributed by atoms with Gasteiger partial charge in [0.2, 0.25) is 0 Å². The van der Waals surface area contributed by atoms with E-state index in [0.29, 0.717) is 22.0 Å². The SMILES string of the molecule is [2H]C([2H])([2H])N1CC/C(=C\F)[C@](C)(COc2nc(N3CCOC[C@@](C)(O)C3)c3cc(Cl)c(-c4cccc5sc(NC(=O)OC(C)(C)C)c(C#N)c45)c(F)c3n2)C1. The third kappa shape index (κ3) is 7.65. The number of hydrogen-bond acceptors (Lipinski definition) is 11. The molecular weight excluding hydrogens is 714 g/mol. The minimum atomic E-state index is -2.41. The molecule has 11 nitrogen and oxygen atoms in total.